The Bertz CT molecular complexity index is 458. The van der Waals surface area contributed by atoms with Gasteiger partial charge in [0.15, 0.2) is 0 Å². The standard InChI is InChI=1S/C14H16N2O/c15-11-14(17,13-6-2-1-3-7-13)9-12-5-4-8-16-10-12/h1-8,10,17H,9,11,15H2. The molecule has 88 valence electrons. The summed E-state index contributed by atoms with van der Waals surface area (Å²) < 4.78 is 0. The third-order valence-electron chi connectivity index (χ3n) is 2.87. The van der Waals surface area contributed by atoms with Crippen molar-refractivity contribution in [3.8, 4) is 0 Å². The predicted octanol–water partition coefficient (Wildman–Crippen LogP) is 1.47. The highest BCUT2D eigenvalue weighted by Crippen LogP contribution is 2.24. The van der Waals surface area contributed by atoms with Crippen molar-refractivity contribution in [3.05, 3.63) is 66.0 Å². The molecule has 0 saturated heterocycles. The number of hydrogen-bond donors (Lipinski definition) is 2. The molecule has 0 aliphatic carbocycles. The Balaban J connectivity index is 2.27. The molecule has 3 N–H and O–H groups in total. The molecule has 2 rings (SSSR count). The van der Waals surface area contributed by atoms with Gasteiger partial charge in [0, 0.05) is 25.4 Å². The zero-order valence-electron chi connectivity index (χ0n) is 9.58. The minimum atomic E-state index is -1.02. The molecule has 1 atom stereocenters. The smallest absolute Gasteiger partial charge is 0.106 e. The van der Waals surface area contributed by atoms with Gasteiger partial charge in [-0.05, 0) is 17.2 Å². The predicted molar refractivity (Wildman–Crippen MR) is 67.3 cm³/mol. The van der Waals surface area contributed by atoms with Gasteiger partial charge in [-0.2, -0.15) is 0 Å². The van der Waals surface area contributed by atoms with E-state index in [1.807, 2.05) is 42.5 Å². The van der Waals surface area contributed by atoms with Crippen LogP contribution in [0.15, 0.2) is 54.9 Å². The molecule has 1 aromatic carbocycles. The third kappa shape index (κ3) is 2.70. The number of aliphatic hydroxyl groups is 1. The molecule has 0 saturated carbocycles. The minimum Gasteiger partial charge on any atom is -0.383 e. The molecule has 2 aromatic rings. The Morgan fingerprint density at radius 1 is 1.12 bits per heavy atom. The van der Waals surface area contributed by atoms with Gasteiger partial charge in [0.2, 0.25) is 0 Å². The van der Waals surface area contributed by atoms with Crippen molar-refractivity contribution in [2.75, 3.05) is 6.54 Å². The first-order chi connectivity index (χ1) is 8.24. The largest absolute Gasteiger partial charge is 0.383 e. The van der Waals surface area contributed by atoms with Crippen LogP contribution in [0.3, 0.4) is 0 Å². The summed E-state index contributed by atoms with van der Waals surface area (Å²) in [4.78, 5) is 4.04. The van der Waals surface area contributed by atoms with Crippen LogP contribution in [0, 0.1) is 0 Å². The highest BCUT2D eigenvalue weighted by atomic mass is 16.3. The van der Waals surface area contributed by atoms with Crippen molar-refractivity contribution >= 4 is 0 Å². The van der Waals surface area contributed by atoms with Gasteiger partial charge in [-0.25, -0.2) is 0 Å². The van der Waals surface area contributed by atoms with Gasteiger partial charge < -0.3 is 10.8 Å². The highest BCUT2D eigenvalue weighted by molar-refractivity contribution is 5.26. The number of aromatic nitrogens is 1. The summed E-state index contributed by atoms with van der Waals surface area (Å²) in [6.07, 6.45) is 3.94. The van der Waals surface area contributed by atoms with E-state index in [0.717, 1.165) is 11.1 Å². The molecule has 0 bridgehead atoms. The second kappa shape index (κ2) is 5.08. The number of benzene rings is 1. The SMILES string of the molecule is NCC(O)(Cc1cccnc1)c1ccccc1. The molecule has 0 fully saturated rings. The van der Waals surface area contributed by atoms with Crippen LogP contribution in [-0.2, 0) is 12.0 Å². The normalized spacial score (nSPS) is 14.2. The van der Waals surface area contributed by atoms with Crippen molar-refractivity contribution in [1.29, 1.82) is 0 Å². The molecular weight excluding hydrogens is 212 g/mol. The molecule has 0 amide bonds. The first kappa shape index (κ1) is 11.8. The second-order valence-electron chi connectivity index (χ2n) is 4.14. The van der Waals surface area contributed by atoms with Crippen LogP contribution in [-0.4, -0.2) is 16.6 Å². The molecule has 1 aromatic heterocycles. The zero-order chi connectivity index (χ0) is 12.1. The van der Waals surface area contributed by atoms with Crippen molar-refractivity contribution in [3.63, 3.8) is 0 Å². The van der Waals surface area contributed by atoms with Gasteiger partial charge in [0.25, 0.3) is 0 Å². The summed E-state index contributed by atoms with van der Waals surface area (Å²) in [7, 11) is 0. The van der Waals surface area contributed by atoms with Gasteiger partial charge in [0.05, 0.1) is 0 Å². The number of pyridine rings is 1. The summed E-state index contributed by atoms with van der Waals surface area (Å²) in [5.41, 5.74) is 6.51. The molecule has 3 nitrogen and oxygen atoms in total. The number of nitrogens with two attached hydrogens (primary N) is 1. The molecule has 0 aliphatic rings. The fraction of sp³-hybridized carbons (Fsp3) is 0.214. The fourth-order valence-corrected chi connectivity index (χ4v) is 1.88. The summed E-state index contributed by atoms with van der Waals surface area (Å²) in [6.45, 7) is 0.186. The minimum absolute atomic E-state index is 0.186. The van der Waals surface area contributed by atoms with Gasteiger partial charge in [-0.1, -0.05) is 36.4 Å². The Morgan fingerprint density at radius 2 is 1.88 bits per heavy atom. The molecule has 1 heterocycles. The lowest BCUT2D eigenvalue weighted by Crippen LogP contribution is -2.37. The highest BCUT2D eigenvalue weighted by Gasteiger charge is 2.27. The molecule has 0 radical (unpaired) electrons. The lowest BCUT2D eigenvalue weighted by Gasteiger charge is -2.27. The molecule has 3 heteroatoms. The van der Waals surface area contributed by atoms with Crippen molar-refractivity contribution in [2.24, 2.45) is 5.73 Å². The van der Waals surface area contributed by atoms with Crippen molar-refractivity contribution in [1.82, 2.24) is 4.98 Å². The molecule has 17 heavy (non-hydrogen) atoms. The van der Waals surface area contributed by atoms with Crippen LogP contribution < -0.4 is 5.73 Å². The summed E-state index contributed by atoms with van der Waals surface area (Å²) in [5.74, 6) is 0. The number of hydrogen-bond acceptors (Lipinski definition) is 3. The van der Waals surface area contributed by atoms with E-state index in [9.17, 15) is 5.11 Å². The van der Waals surface area contributed by atoms with Crippen LogP contribution in [0.25, 0.3) is 0 Å². The van der Waals surface area contributed by atoms with E-state index in [-0.39, 0.29) is 6.54 Å². The molecule has 0 aliphatic heterocycles. The zero-order valence-corrected chi connectivity index (χ0v) is 9.58. The van der Waals surface area contributed by atoms with Crippen LogP contribution in [0.5, 0.6) is 0 Å². The van der Waals surface area contributed by atoms with E-state index in [2.05, 4.69) is 4.98 Å². The van der Waals surface area contributed by atoms with Gasteiger partial charge in [0.1, 0.15) is 5.60 Å². The Morgan fingerprint density at radius 3 is 2.47 bits per heavy atom. The third-order valence-corrected chi connectivity index (χ3v) is 2.87. The van der Waals surface area contributed by atoms with E-state index in [1.54, 1.807) is 12.4 Å². The fourth-order valence-electron chi connectivity index (χ4n) is 1.88. The quantitative estimate of drug-likeness (QED) is 0.833. The maximum atomic E-state index is 10.6. The van der Waals surface area contributed by atoms with Gasteiger partial charge >= 0.3 is 0 Å². The first-order valence-corrected chi connectivity index (χ1v) is 5.61. The van der Waals surface area contributed by atoms with E-state index in [0.29, 0.717) is 6.42 Å². The first-order valence-electron chi connectivity index (χ1n) is 5.61. The Labute approximate surface area is 101 Å². The topological polar surface area (TPSA) is 59.1 Å². The second-order valence-corrected chi connectivity index (χ2v) is 4.14. The van der Waals surface area contributed by atoms with Gasteiger partial charge in [-0.15, -0.1) is 0 Å². The van der Waals surface area contributed by atoms with E-state index >= 15 is 0 Å². The Hall–Kier alpha value is -1.71. The van der Waals surface area contributed by atoms with E-state index < -0.39 is 5.60 Å². The monoisotopic (exact) mass is 228 g/mol. The van der Waals surface area contributed by atoms with E-state index in [4.69, 9.17) is 5.73 Å². The average molecular weight is 228 g/mol. The van der Waals surface area contributed by atoms with Crippen molar-refractivity contribution in [2.45, 2.75) is 12.0 Å². The average Bonchev–Trinajstić information content (AvgIpc) is 2.41. The van der Waals surface area contributed by atoms with Crippen LogP contribution >= 0.6 is 0 Å². The summed E-state index contributed by atoms with van der Waals surface area (Å²) in [5, 5.41) is 10.6. The number of rotatable bonds is 4. The maximum absolute atomic E-state index is 10.6. The van der Waals surface area contributed by atoms with Crippen molar-refractivity contribution < 1.29 is 5.11 Å². The Kier molecular flexibility index (Phi) is 3.52. The van der Waals surface area contributed by atoms with Crippen LogP contribution in [0.4, 0.5) is 0 Å². The molecule has 1 unspecified atom stereocenters. The number of nitrogens with zero attached hydrogens (tertiary/aromatic N) is 1. The maximum Gasteiger partial charge on any atom is 0.106 e. The summed E-state index contributed by atoms with van der Waals surface area (Å²) in [6, 6.07) is 13.3. The lowest BCUT2D eigenvalue weighted by atomic mass is 9.88. The van der Waals surface area contributed by atoms with Gasteiger partial charge in [-0.3, -0.25) is 4.98 Å². The lowest BCUT2D eigenvalue weighted by molar-refractivity contribution is 0.0462. The van der Waals surface area contributed by atoms with Crippen LogP contribution in [0.1, 0.15) is 11.1 Å². The molecular formula is C14H16N2O. The summed E-state index contributed by atoms with van der Waals surface area (Å²) >= 11 is 0. The van der Waals surface area contributed by atoms with E-state index in [1.165, 1.54) is 0 Å². The molecule has 0 spiro atoms. The van der Waals surface area contributed by atoms with Crippen LogP contribution in [0.2, 0.25) is 0 Å².